The summed E-state index contributed by atoms with van der Waals surface area (Å²) in [6, 6.07) is 2.03. The van der Waals surface area contributed by atoms with Crippen LogP contribution in [0.25, 0.3) is 0 Å². The van der Waals surface area contributed by atoms with Gasteiger partial charge in [0.05, 0.1) is 0 Å². The zero-order valence-corrected chi connectivity index (χ0v) is 16.2. The highest BCUT2D eigenvalue weighted by atomic mass is 28.4. The molecule has 0 spiro atoms. The van der Waals surface area contributed by atoms with Crippen LogP contribution in [0.15, 0.2) is 12.2 Å². The van der Waals surface area contributed by atoms with Gasteiger partial charge >= 0.3 is 9.28 Å². The van der Waals surface area contributed by atoms with Gasteiger partial charge in [-0.15, -0.1) is 0 Å². The van der Waals surface area contributed by atoms with Crippen LogP contribution in [0.4, 0.5) is 0 Å². The SMILES string of the molecule is C=C(CCCCC)C[Si]1OC(C)C[SiH](C)O[SiH](C)O1. The molecule has 1 fully saturated rings. The summed E-state index contributed by atoms with van der Waals surface area (Å²) in [6.07, 6.45) is 5.20. The predicted molar refractivity (Wildman–Crippen MR) is 87.4 cm³/mol. The number of rotatable bonds is 6. The van der Waals surface area contributed by atoms with E-state index < -0.39 is 27.6 Å². The van der Waals surface area contributed by atoms with Crippen molar-refractivity contribution in [3.8, 4) is 0 Å². The fourth-order valence-corrected chi connectivity index (χ4v) is 10.6. The van der Waals surface area contributed by atoms with E-state index in [1.807, 2.05) is 0 Å². The average molecular weight is 318 g/mol. The van der Waals surface area contributed by atoms with Crippen LogP contribution in [-0.2, 0) is 12.7 Å². The molecular weight excluding hydrogens is 288 g/mol. The molecule has 1 aliphatic heterocycles. The maximum atomic E-state index is 6.12. The molecule has 3 atom stereocenters. The summed E-state index contributed by atoms with van der Waals surface area (Å²) in [5, 5.41) is 0. The van der Waals surface area contributed by atoms with Gasteiger partial charge in [-0.05, 0) is 38.9 Å². The van der Waals surface area contributed by atoms with Crippen molar-refractivity contribution >= 4 is 27.6 Å². The van der Waals surface area contributed by atoms with Crippen molar-refractivity contribution in [1.29, 1.82) is 0 Å². The van der Waals surface area contributed by atoms with Gasteiger partial charge in [0.2, 0.25) is 0 Å². The first-order chi connectivity index (χ1) is 9.01. The third-order valence-electron chi connectivity index (χ3n) is 3.25. The molecule has 0 saturated carbocycles. The molecule has 6 heteroatoms. The van der Waals surface area contributed by atoms with Crippen LogP contribution in [0.1, 0.15) is 39.5 Å². The third kappa shape index (κ3) is 7.57. The molecule has 0 N–H and O–H groups in total. The fourth-order valence-electron chi connectivity index (χ4n) is 2.36. The van der Waals surface area contributed by atoms with E-state index in [1.54, 1.807) is 0 Å². The molecular formula is C13H29O3Si3. The zero-order chi connectivity index (χ0) is 14.3. The number of hydrogen-bond donors (Lipinski definition) is 0. The molecule has 111 valence electrons. The molecule has 0 bridgehead atoms. The van der Waals surface area contributed by atoms with Crippen molar-refractivity contribution < 1.29 is 12.7 Å². The lowest BCUT2D eigenvalue weighted by atomic mass is 10.1. The minimum atomic E-state index is -1.46. The van der Waals surface area contributed by atoms with Gasteiger partial charge in [-0.1, -0.05) is 31.9 Å². The zero-order valence-electron chi connectivity index (χ0n) is 12.9. The van der Waals surface area contributed by atoms with E-state index in [-0.39, 0.29) is 0 Å². The molecule has 0 aromatic carbocycles. The van der Waals surface area contributed by atoms with E-state index in [4.69, 9.17) is 12.7 Å². The highest BCUT2D eigenvalue weighted by molar-refractivity contribution is 6.67. The number of allylic oxidation sites excluding steroid dienone is 1. The molecule has 0 aromatic rings. The maximum absolute atomic E-state index is 6.12. The lowest BCUT2D eigenvalue weighted by Crippen LogP contribution is -2.42. The van der Waals surface area contributed by atoms with Gasteiger partial charge < -0.3 is 12.7 Å². The van der Waals surface area contributed by atoms with Gasteiger partial charge in [0.15, 0.2) is 9.04 Å². The topological polar surface area (TPSA) is 27.7 Å². The van der Waals surface area contributed by atoms with Crippen molar-refractivity contribution in [2.75, 3.05) is 0 Å². The second-order valence-corrected chi connectivity index (χ2v) is 12.1. The Labute approximate surface area is 123 Å². The van der Waals surface area contributed by atoms with Gasteiger partial charge in [0.1, 0.15) is 0 Å². The van der Waals surface area contributed by atoms with E-state index in [9.17, 15) is 0 Å². The fraction of sp³-hybridized carbons (Fsp3) is 0.846. The van der Waals surface area contributed by atoms with E-state index in [2.05, 4.69) is 33.5 Å². The van der Waals surface area contributed by atoms with Gasteiger partial charge in [-0.3, -0.25) is 0 Å². The minimum absolute atomic E-state index is 0.292. The highest BCUT2D eigenvalue weighted by Crippen LogP contribution is 2.19. The molecule has 3 unspecified atom stereocenters. The monoisotopic (exact) mass is 317 g/mol. The van der Waals surface area contributed by atoms with Crippen LogP contribution < -0.4 is 0 Å². The van der Waals surface area contributed by atoms with Crippen molar-refractivity contribution in [2.24, 2.45) is 0 Å². The first-order valence-corrected chi connectivity index (χ1v) is 13.6. The summed E-state index contributed by atoms with van der Waals surface area (Å²) in [7, 11) is -3.73. The average Bonchev–Trinajstić information content (AvgIpc) is 2.26. The summed E-state index contributed by atoms with van der Waals surface area (Å²) in [5.41, 5.74) is 1.29. The molecule has 1 radical (unpaired) electrons. The quantitative estimate of drug-likeness (QED) is 0.427. The standard InChI is InChI=1S/C13H29O3Si3/c1-6-7-8-9-12(2)10-19-14-13(3)11-17(4)15-18(5)16-19/h13,17-18H,2,6-11H2,1,3-5H3. The summed E-state index contributed by atoms with van der Waals surface area (Å²) in [5.74, 6) is 0. The number of unbranched alkanes of at least 4 members (excludes halogenated alkanes) is 2. The Hall–Kier alpha value is 0.271. The van der Waals surface area contributed by atoms with Gasteiger partial charge in [0, 0.05) is 12.1 Å². The van der Waals surface area contributed by atoms with Crippen LogP contribution >= 0.6 is 0 Å². The molecule has 0 aromatic heterocycles. The molecule has 19 heavy (non-hydrogen) atoms. The molecule has 1 heterocycles. The van der Waals surface area contributed by atoms with Crippen LogP contribution in [-0.4, -0.2) is 33.7 Å². The van der Waals surface area contributed by atoms with Crippen LogP contribution in [0, 0.1) is 0 Å². The van der Waals surface area contributed by atoms with E-state index in [0.29, 0.717) is 6.10 Å². The minimum Gasteiger partial charge on any atom is -0.441 e. The Morgan fingerprint density at radius 1 is 1.37 bits per heavy atom. The molecule has 0 amide bonds. The first kappa shape index (κ1) is 17.3. The Morgan fingerprint density at radius 2 is 2.11 bits per heavy atom. The van der Waals surface area contributed by atoms with Crippen molar-refractivity contribution in [3.05, 3.63) is 12.2 Å². The van der Waals surface area contributed by atoms with Gasteiger partial charge in [-0.2, -0.15) is 0 Å². The summed E-state index contributed by atoms with van der Waals surface area (Å²) in [6.45, 7) is 12.9. The van der Waals surface area contributed by atoms with Crippen molar-refractivity contribution in [1.82, 2.24) is 0 Å². The molecule has 3 nitrogen and oxygen atoms in total. The Kier molecular flexibility index (Phi) is 8.43. The molecule has 1 saturated heterocycles. The van der Waals surface area contributed by atoms with Gasteiger partial charge in [0.25, 0.3) is 9.28 Å². The van der Waals surface area contributed by atoms with E-state index in [1.165, 1.54) is 24.8 Å². The largest absolute Gasteiger partial charge is 0.441 e. The normalized spacial score (nSPS) is 29.8. The lowest BCUT2D eigenvalue weighted by molar-refractivity contribution is 0.185. The van der Waals surface area contributed by atoms with Gasteiger partial charge in [-0.25, -0.2) is 0 Å². The lowest BCUT2D eigenvalue weighted by Gasteiger charge is -2.30. The van der Waals surface area contributed by atoms with Crippen LogP contribution in [0.5, 0.6) is 0 Å². The Balaban J connectivity index is 2.39. The third-order valence-corrected chi connectivity index (χ3v) is 11.8. The highest BCUT2D eigenvalue weighted by Gasteiger charge is 2.29. The van der Waals surface area contributed by atoms with E-state index in [0.717, 1.165) is 18.5 Å². The van der Waals surface area contributed by atoms with E-state index >= 15 is 0 Å². The summed E-state index contributed by atoms with van der Waals surface area (Å²) < 4.78 is 18.2. The first-order valence-electron chi connectivity index (χ1n) is 7.52. The summed E-state index contributed by atoms with van der Waals surface area (Å²) in [4.78, 5) is 0. The van der Waals surface area contributed by atoms with Crippen molar-refractivity contribution in [2.45, 2.75) is 70.8 Å². The van der Waals surface area contributed by atoms with Crippen LogP contribution in [0.3, 0.4) is 0 Å². The predicted octanol–water partition coefficient (Wildman–Crippen LogP) is 3.27. The second-order valence-electron chi connectivity index (χ2n) is 5.55. The molecule has 0 aliphatic carbocycles. The van der Waals surface area contributed by atoms with Crippen LogP contribution in [0.2, 0.25) is 25.2 Å². The Morgan fingerprint density at radius 3 is 2.79 bits per heavy atom. The summed E-state index contributed by atoms with van der Waals surface area (Å²) >= 11 is 0. The molecule has 1 aliphatic rings. The molecule has 1 rings (SSSR count). The smallest absolute Gasteiger partial charge is 0.379 e. The maximum Gasteiger partial charge on any atom is 0.379 e. The Bertz CT molecular complexity index is 262. The van der Waals surface area contributed by atoms with Crippen molar-refractivity contribution in [3.63, 3.8) is 0 Å². The second kappa shape index (κ2) is 9.25. The number of hydrogen-bond acceptors (Lipinski definition) is 3.